The van der Waals surface area contributed by atoms with Crippen LogP contribution < -0.4 is 10.7 Å². The van der Waals surface area contributed by atoms with Gasteiger partial charge in [0.2, 0.25) is 11.8 Å². The van der Waals surface area contributed by atoms with E-state index in [9.17, 15) is 4.79 Å². The zero-order valence-electron chi connectivity index (χ0n) is 24.0. The van der Waals surface area contributed by atoms with Crippen molar-refractivity contribution < 1.29 is 4.52 Å². The van der Waals surface area contributed by atoms with E-state index in [0.717, 1.165) is 60.1 Å². The highest BCUT2D eigenvalue weighted by molar-refractivity contribution is 6.30. The highest BCUT2D eigenvalue weighted by atomic mass is 35.5. The Morgan fingerprint density at radius 3 is 2.76 bits per heavy atom. The van der Waals surface area contributed by atoms with Gasteiger partial charge in [-0.3, -0.25) is 19.5 Å². The largest absolute Gasteiger partial charge is 0.439 e. The van der Waals surface area contributed by atoms with Crippen LogP contribution in [-0.2, 0) is 6.54 Å². The maximum Gasteiger partial charge on any atom is 0.439 e. The summed E-state index contributed by atoms with van der Waals surface area (Å²) in [4.78, 5) is 36.2. The number of aromatic nitrogens is 6. The average Bonchev–Trinajstić information content (AvgIpc) is 3.72. The molecule has 0 bridgehead atoms. The Balaban J connectivity index is 1.57. The predicted octanol–water partition coefficient (Wildman–Crippen LogP) is 5.79. The lowest BCUT2D eigenvalue weighted by Crippen LogP contribution is -2.38. The first kappa shape index (κ1) is 28.3. The number of hydrogen-bond acceptors (Lipinski definition) is 9. The van der Waals surface area contributed by atoms with Crippen LogP contribution in [0.15, 0.2) is 38.8 Å². The number of rotatable bonds is 9. The van der Waals surface area contributed by atoms with Gasteiger partial charge in [0.15, 0.2) is 0 Å². The fraction of sp³-hybridized carbons (Fsp3) is 0.500. The lowest BCUT2D eigenvalue weighted by Gasteiger charge is -2.31. The van der Waals surface area contributed by atoms with E-state index in [-0.39, 0.29) is 11.9 Å². The maximum absolute atomic E-state index is 11.8. The smallest absolute Gasteiger partial charge is 0.334 e. The Hall–Kier alpha value is -3.86. The normalized spacial score (nSPS) is 21.4. The Bertz CT molecular complexity index is 1660. The first-order valence-corrected chi connectivity index (χ1v) is 15.2. The summed E-state index contributed by atoms with van der Waals surface area (Å²) in [6.07, 6.45) is 12.1. The summed E-state index contributed by atoms with van der Waals surface area (Å²) in [5, 5.41) is 12.2. The molecule has 1 unspecified atom stereocenters. The van der Waals surface area contributed by atoms with E-state index in [1.165, 1.54) is 31.9 Å². The SMILES string of the molecule is CCN=C(CC=N)C1CCCN1c1nc2cc(-c3noc(=O)[nH]3)nc(-c3cncc(Cl)c3)c2n1CC1CCC(C)CC1. The molecule has 1 atom stereocenters. The van der Waals surface area contributed by atoms with Gasteiger partial charge in [0, 0.05) is 55.9 Å². The molecule has 0 radical (unpaired) electrons. The molecule has 2 N–H and O–H groups in total. The number of imidazole rings is 1. The van der Waals surface area contributed by atoms with Gasteiger partial charge in [-0.1, -0.05) is 36.5 Å². The summed E-state index contributed by atoms with van der Waals surface area (Å²) in [5.41, 5.74) is 4.52. The Kier molecular flexibility index (Phi) is 8.19. The van der Waals surface area contributed by atoms with Crippen LogP contribution in [0.25, 0.3) is 33.8 Å². The molecule has 6 rings (SSSR count). The summed E-state index contributed by atoms with van der Waals surface area (Å²) in [5.74, 6) is 1.73. The molecule has 0 amide bonds. The molecular formula is C30H36ClN9O2. The van der Waals surface area contributed by atoms with Crippen molar-refractivity contribution in [1.29, 1.82) is 5.41 Å². The van der Waals surface area contributed by atoms with Gasteiger partial charge >= 0.3 is 5.76 Å². The van der Waals surface area contributed by atoms with Gasteiger partial charge in [-0.05, 0) is 56.6 Å². The van der Waals surface area contributed by atoms with E-state index < -0.39 is 5.76 Å². The summed E-state index contributed by atoms with van der Waals surface area (Å²) >= 11 is 6.41. The number of aromatic amines is 1. The second-order valence-corrected chi connectivity index (χ2v) is 11.9. The van der Waals surface area contributed by atoms with Crippen LogP contribution in [0.2, 0.25) is 5.02 Å². The zero-order chi connectivity index (χ0) is 29.2. The Labute approximate surface area is 248 Å². The lowest BCUT2D eigenvalue weighted by atomic mass is 9.83. The molecule has 11 nitrogen and oxygen atoms in total. The standard InChI is InChI=1S/C30H36ClN9O2/c1-3-34-22(10-11-32)25-5-4-12-39(25)29-36-23-14-24(28-37-30(41)42-38-28)35-26(20-13-21(31)16-33-15-20)27(23)40(29)17-19-8-6-18(2)7-9-19/h11,13-16,18-19,25,32H,3-10,12,17H2,1-2H3,(H,37,38,41). The molecule has 4 aromatic heterocycles. The maximum atomic E-state index is 11.8. The molecule has 0 aromatic carbocycles. The van der Waals surface area contributed by atoms with Crippen LogP contribution in [0.5, 0.6) is 0 Å². The first-order valence-electron chi connectivity index (χ1n) is 14.8. The fourth-order valence-corrected chi connectivity index (χ4v) is 6.65. The zero-order valence-corrected chi connectivity index (χ0v) is 24.8. The van der Waals surface area contributed by atoms with Crippen molar-refractivity contribution in [2.75, 3.05) is 18.0 Å². The third-order valence-electron chi connectivity index (χ3n) is 8.51. The summed E-state index contributed by atoms with van der Waals surface area (Å²) in [6, 6.07) is 3.78. The molecule has 1 aliphatic carbocycles. The van der Waals surface area contributed by atoms with E-state index in [2.05, 4.69) is 31.5 Å². The van der Waals surface area contributed by atoms with Gasteiger partial charge in [-0.25, -0.2) is 14.8 Å². The number of anilines is 1. The molecule has 1 saturated heterocycles. The van der Waals surface area contributed by atoms with E-state index in [1.807, 2.05) is 19.1 Å². The molecule has 2 aliphatic rings. The second kappa shape index (κ2) is 12.2. The van der Waals surface area contributed by atoms with Crippen molar-refractivity contribution in [3.63, 3.8) is 0 Å². The van der Waals surface area contributed by atoms with Crippen molar-refractivity contribution in [2.45, 2.75) is 71.4 Å². The van der Waals surface area contributed by atoms with Crippen molar-refractivity contribution in [3.8, 4) is 22.8 Å². The van der Waals surface area contributed by atoms with Crippen molar-refractivity contribution in [2.24, 2.45) is 16.8 Å². The van der Waals surface area contributed by atoms with Gasteiger partial charge < -0.3 is 14.9 Å². The molecule has 2 fully saturated rings. The first-order chi connectivity index (χ1) is 20.4. The van der Waals surface area contributed by atoms with Crippen LogP contribution in [0.1, 0.15) is 58.8 Å². The minimum Gasteiger partial charge on any atom is -0.334 e. The summed E-state index contributed by atoms with van der Waals surface area (Å²) < 4.78 is 7.14. The Morgan fingerprint density at radius 2 is 2.05 bits per heavy atom. The summed E-state index contributed by atoms with van der Waals surface area (Å²) in [7, 11) is 0. The fourth-order valence-electron chi connectivity index (χ4n) is 6.48. The number of nitrogens with one attached hydrogen (secondary N) is 2. The molecule has 1 saturated carbocycles. The van der Waals surface area contributed by atoms with Crippen LogP contribution in [-0.4, -0.2) is 60.7 Å². The van der Waals surface area contributed by atoms with Crippen molar-refractivity contribution in [3.05, 3.63) is 40.1 Å². The van der Waals surface area contributed by atoms with Crippen LogP contribution in [0.4, 0.5) is 5.95 Å². The molecule has 1 aliphatic heterocycles. The second-order valence-electron chi connectivity index (χ2n) is 11.4. The molecule has 4 aromatic rings. The van der Waals surface area contributed by atoms with E-state index in [1.54, 1.807) is 12.4 Å². The van der Waals surface area contributed by atoms with E-state index in [0.29, 0.717) is 35.3 Å². The van der Waals surface area contributed by atoms with E-state index >= 15 is 0 Å². The molecule has 0 spiro atoms. The quantitative estimate of drug-likeness (QED) is 0.235. The average molecular weight is 590 g/mol. The minimum atomic E-state index is -0.649. The van der Waals surface area contributed by atoms with Gasteiger partial charge in [-0.2, -0.15) is 0 Å². The van der Waals surface area contributed by atoms with Gasteiger partial charge in [0.1, 0.15) is 5.69 Å². The molecule has 42 heavy (non-hydrogen) atoms. The van der Waals surface area contributed by atoms with E-state index in [4.69, 9.17) is 36.5 Å². The topological polar surface area (TPSA) is 142 Å². The monoisotopic (exact) mass is 589 g/mol. The number of aliphatic imine (C=N–C) groups is 1. The number of pyridine rings is 2. The van der Waals surface area contributed by atoms with Gasteiger partial charge in [-0.15, -0.1) is 0 Å². The Morgan fingerprint density at radius 1 is 1.21 bits per heavy atom. The van der Waals surface area contributed by atoms with Crippen molar-refractivity contribution in [1.82, 2.24) is 29.7 Å². The summed E-state index contributed by atoms with van der Waals surface area (Å²) in [6.45, 7) is 6.72. The lowest BCUT2D eigenvalue weighted by molar-refractivity contribution is 0.267. The van der Waals surface area contributed by atoms with Crippen LogP contribution in [0, 0.1) is 17.2 Å². The third kappa shape index (κ3) is 5.62. The molecular weight excluding hydrogens is 554 g/mol. The van der Waals surface area contributed by atoms with Crippen LogP contribution >= 0.6 is 11.6 Å². The predicted molar refractivity (Wildman–Crippen MR) is 165 cm³/mol. The molecule has 5 heterocycles. The highest BCUT2D eigenvalue weighted by Crippen LogP contribution is 2.38. The van der Waals surface area contributed by atoms with Gasteiger partial charge in [0.25, 0.3) is 0 Å². The molecule has 220 valence electrons. The number of nitrogens with zero attached hydrogens (tertiary/aromatic N) is 7. The number of fused-ring (bicyclic) bond motifs is 1. The number of halogens is 1. The van der Waals surface area contributed by atoms with Crippen molar-refractivity contribution >= 4 is 40.5 Å². The number of hydrogen-bond donors (Lipinski definition) is 2. The minimum absolute atomic E-state index is 0.0732. The highest BCUT2D eigenvalue weighted by Gasteiger charge is 2.34. The molecule has 12 heteroatoms. The third-order valence-corrected chi connectivity index (χ3v) is 8.72. The van der Waals surface area contributed by atoms with Crippen LogP contribution in [0.3, 0.4) is 0 Å². The van der Waals surface area contributed by atoms with Gasteiger partial charge in [0.05, 0.1) is 27.8 Å². The number of H-pyrrole nitrogens is 1.